The van der Waals surface area contributed by atoms with Crippen LogP contribution < -0.4 is 0 Å². The molecule has 3 fully saturated rings. The van der Waals surface area contributed by atoms with E-state index < -0.39 is 0 Å². The van der Waals surface area contributed by atoms with Crippen molar-refractivity contribution >= 4 is 0 Å². The van der Waals surface area contributed by atoms with E-state index in [0.717, 1.165) is 39.6 Å². The third kappa shape index (κ3) is 1.74. The Kier molecular flexibility index (Phi) is 3.43. The van der Waals surface area contributed by atoms with Crippen LogP contribution in [-0.2, 0) is 14.2 Å². The van der Waals surface area contributed by atoms with Crippen LogP contribution >= 0.6 is 0 Å². The van der Waals surface area contributed by atoms with Gasteiger partial charge in [-0.05, 0) is 25.2 Å². The zero-order valence-corrected chi connectivity index (χ0v) is 12.7. The number of ether oxygens (including phenoxy) is 3. The second-order valence-electron chi connectivity index (χ2n) is 7.06. The van der Waals surface area contributed by atoms with E-state index in [2.05, 4.69) is 20.8 Å². The van der Waals surface area contributed by atoms with E-state index in [1.165, 1.54) is 19.3 Å². The Morgan fingerprint density at radius 2 is 0.895 bits per heavy atom. The third-order valence-corrected chi connectivity index (χ3v) is 6.29. The summed E-state index contributed by atoms with van der Waals surface area (Å²) in [5.74, 6) is 0.698. The van der Waals surface area contributed by atoms with Crippen LogP contribution in [0.4, 0.5) is 0 Å². The normalized spacial score (nSPS) is 30.3. The van der Waals surface area contributed by atoms with Crippen molar-refractivity contribution in [1.29, 1.82) is 0 Å². The summed E-state index contributed by atoms with van der Waals surface area (Å²) in [6, 6.07) is 0. The first kappa shape index (κ1) is 13.8. The van der Waals surface area contributed by atoms with Crippen LogP contribution in [0.25, 0.3) is 0 Å². The van der Waals surface area contributed by atoms with Crippen molar-refractivity contribution in [3.8, 4) is 0 Å². The smallest absolute Gasteiger partial charge is 0.0547 e. The van der Waals surface area contributed by atoms with Crippen LogP contribution in [0.3, 0.4) is 0 Å². The lowest BCUT2D eigenvalue weighted by Crippen LogP contribution is -2.68. The summed E-state index contributed by atoms with van der Waals surface area (Å²) < 4.78 is 16.9. The quantitative estimate of drug-likeness (QED) is 0.741. The molecule has 0 aromatic carbocycles. The molecule has 0 bridgehead atoms. The fourth-order valence-electron chi connectivity index (χ4n) is 4.77. The maximum Gasteiger partial charge on any atom is 0.0547 e. The van der Waals surface area contributed by atoms with Gasteiger partial charge in [0.25, 0.3) is 0 Å². The fourth-order valence-corrected chi connectivity index (χ4v) is 4.77. The highest BCUT2D eigenvalue weighted by atomic mass is 16.5. The highest BCUT2D eigenvalue weighted by Gasteiger charge is 2.64. The van der Waals surface area contributed by atoms with E-state index in [1.54, 1.807) is 0 Å². The van der Waals surface area contributed by atoms with Crippen molar-refractivity contribution in [3.05, 3.63) is 0 Å². The van der Waals surface area contributed by atoms with Crippen LogP contribution in [0, 0.1) is 22.2 Å². The van der Waals surface area contributed by atoms with Crippen molar-refractivity contribution in [2.24, 2.45) is 22.2 Å². The van der Waals surface area contributed by atoms with Gasteiger partial charge in [-0.15, -0.1) is 0 Å². The molecule has 110 valence electrons. The van der Waals surface area contributed by atoms with E-state index >= 15 is 0 Å². The van der Waals surface area contributed by atoms with Gasteiger partial charge < -0.3 is 14.2 Å². The highest BCUT2D eigenvalue weighted by molar-refractivity contribution is 5.11. The van der Waals surface area contributed by atoms with Gasteiger partial charge in [0.05, 0.1) is 39.6 Å². The summed E-state index contributed by atoms with van der Waals surface area (Å²) >= 11 is 0. The van der Waals surface area contributed by atoms with E-state index in [4.69, 9.17) is 14.2 Å². The van der Waals surface area contributed by atoms with Gasteiger partial charge in [-0.1, -0.05) is 20.8 Å². The molecule has 0 N–H and O–H groups in total. The van der Waals surface area contributed by atoms with Crippen LogP contribution in [0.5, 0.6) is 0 Å². The van der Waals surface area contributed by atoms with Crippen molar-refractivity contribution < 1.29 is 14.2 Å². The molecule has 0 aliphatic carbocycles. The van der Waals surface area contributed by atoms with Gasteiger partial charge in [-0.25, -0.2) is 0 Å². The van der Waals surface area contributed by atoms with E-state index in [9.17, 15) is 0 Å². The summed E-state index contributed by atoms with van der Waals surface area (Å²) in [5, 5.41) is 0. The molecule has 0 spiro atoms. The van der Waals surface area contributed by atoms with Crippen molar-refractivity contribution in [1.82, 2.24) is 0 Å². The summed E-state index contributed by atoms with van der Waals surface area (Å²) in [5.41, 5.74) is 1.12. The molecule has 0 unspecified atom stereocenters. The average Bonchev–Trinajstić information content (AvgIpc) is 2.26. The molecule has 0 amide bonds. The third-order valence-electron chi connectivity index (χ3n) is 6.29. The van der Waals surface area contributed by atoms with Crippen LogP contribution in [0.15, 0.2) is 0 Å². The maximum absolute atomic E-state index is 5.64. The van der Waals surface area contributed by atoms with Crippen LogP contribution in [0.1, 0.15) is 40.0 Å². The average molecular weight is 268 g/mol. The van der Waals surface area contributed by atoms with Gasteiger partial charge >= 0.3 is 0 Å². The second kappa shape index (κ2) is 4.71. The van der Waals surface area contributed by atoms with E-state index in [0.29, 0.717) is 22.2 Å². The molecule has 3 heterocycles. The van der Waals surface area contributed by atoms with Crippen molar-refractivity contribution in [2.45, 2.75) is 40.0 Å². The lowest BCUT2D eigenvalue weighted by Gasteiger charge is -2.65. The molecule has 3 heteroatoms. The molecule has 3 rings (SSSR count). The zero-order chi connectivity index (χ0) is 13.6. The molecule has 3 nitrogen and oxygen atoms in total. The van der Waals surface area contributed by atoms with Gasteiger partial charge in [0, 0.05) is 16.2 Å². The van der Waals surface area contributed by atoms with Gasteiger partial charge in [0.1, 0.15) is 0 Å². The summed E-state index contributed by atoms with van der Waals surface area (Å²) in [7, 11) is 0. The van der Waals surface area contributed by atoms with Crippen LogP contribution in [-0.4, -0.2) is 39.6 Å². The topological polar surface area (TPSA) is 27.7 Å². The van der Waals surface area contributed by atoms with Crippen molar-refractivity contribution in [2.75, 3.05) is 39.6 Å². The number of hydrogen-bond donors (Lipinski definition) is 0. The minimum Gasteiger partial charge on any atom is -0.380 e. The Morgan fingerprint density at radius 3 is 1.00 bits per heavy atom. The molecule has 0 radical (unpaired) electrons. The molecular weight excluding hydrogens is 240 g/mol. The molecule has 0 saturated carbocycles. The predicted molar refractivity (Wildman–Crippen MR) is 74.1 cm³/mol. The van der Waals surface area contributed by atoms with Gasteiger partial charge in [0.15, 0.2) is 0 Å². The molecule has 3 aliphatic heterocycles. The van der Waals surface area contributed by atoms with E-state index in [-0.39, 0.29) is 0 Å². The first-order chi connectivity index (χ1) is 9.17. The lowest BCUT2D eigenvalue weighted by molar-refractivity contribution is -0.304. The van der Waals surface area contributed by atoms with Crippen molar-refractivity contribution in [3.63, 3.8) is 0 Å². The van der Waals surface area contributed by atoms with Gasteiger partial charge in [0.2, 0.25) is 0 Å². The number of hydrogen-bond acceptors (Lipinski definition) is 3. The fraction of sp³-hybridized carbons (Fsp3) is 1.00. The highest BCUT2D eigenvalue weighted by Crippen LogP contribution is 2.62. The zero-order valence-electron chi connectivity index (χ0n) is 12.7. The first-order valence-corrected chi connectivity index (χ1v) is 7.90. The Bertz CT molecular complexity index is 258. The van der Waals surface area contributed by atoms with Gasteiger partial charge in [-0.3, -0.25) is 0 Å². The summed E-state index contributed by atoms with van der Waals surface area (Å²) in [6.07, 6.45) is 3.67. The second-order valence-corrected chi connectivity index (χ2v) is 7.06. The SMILES string of the molecule is CCC1(C(C2(CC)COC2)C2(CC)COC2)COC1. The number of rotatable bonds is 6. The Labute approximate surface area is 117 Å². The summed E-state index contributed by atoms with van der Waals surface area (Å²) in [6.45, 7) is 12.7. The Hall–Kier alpha value is -0.120. The minimum atomic E-state index is 0.375. The minimum absolute atomic E-state index is 0.375. The molecule has 3 aliphatic rings. The Morgan fingerprint density at radius 1 is 0.632 bits per heavy atom. The Balaban J connectivity index is 1.95. The molecule has 3 saturated heterocycles. The van der Waals surface area contributed by atoms with E-state index in [1.807, 2.05) is 0 Å². The van der Waals surface area contributed by atoms with Gasteiger partial charge in [-0.2, -0.15) is 0 Å². The summed E-state index contributed by atoms with van der Waals surface area (Å²) in [4.78, 5) is 0. The first-order valence-electron chi connectivity index (χ1n) is 7.90. The molecule has 0 aromatic heterocycles. The monoisotopic (exact) mass is 268 g/mol. The molecular formula is C16H28O3. The predicted octanol–water partition coefficient (Wildman–Crippen LogP) is 2.88. The molecule has 19 heavy (non-hydrogen) atoms. The largest absolute Gasteiger partial charge is 0.380 e. The molecule has 0 atom stereocenters. The standard InChI is InChI=1S/C16H28O3/c1-4-14(7-17-8-14)13(15(5-2)9-18-10-15)16(6-3)11-19-12-16/h13H,4-12H2,1-3H3. The maximum atomic E-state index is 5.64. The molecule has 0 aromatic rings. The lowest BCUT2D eigenvalue weighted by atomic mass is 9.47. The van der Waals surface area contributed by atoms with Crippen LogP contribution in [0.2, 0.25) is 0 Å².